The fourth-order valence-corrected chi connectivity index (χ4v) is 3.14. The van der Waals surface area contributed by atoms with Crippen LogP contribution in [0.25, 0.3) is 0 Å². The third-order valence-corrected chi connectivity index (χ3v) is 4.20. The molecule has 1 aromatic rings. The molecule has 17 heavy (non-hydrogen) atoms. The zero-order valence-corrected chi connectivity index (χ0v) is 10.2. The lowest BCUT2D eigenvalue weighted by molar-refractivity contribution is 0.336. The molecule has 2 aliphatic rings. The molecule has 0 aromatic heterocycles. The molecule has 2 nitrogen and oxygen atoms in total. The number of fused-ring (bicyclic) bond motifs is 3. The van der Waals surface area contributed by atoms with Gasteiger partial charge in [-0.1, -0.05) is 13.3 Å². The average molecular weight is 234 g/mol. The Morgan fingerprint density at radius 2 is 2.35 bits per heavy atom. The number of benzene rings is 1. The Hall–Kier alpha value is -1.25. The van der Waals surface area contributed by atoms with Gasteiger partial charge in [-0.05, 0) is 37.0 Å². The maximum Gasteiger partial charge on any atom is 0.125 e. The smallest absolute Gasteiger partial charge is 0.125 e. The SMILES string of the molecule is CCC1CCN2c3cc(F)ccc3NCC2C1. The van der Waals surface area contributed by atoms with E-state index in [0.29, 0.717) is 6.04 Å². The van der Waals surface area contributed by atoms with E-state index in [1.165, 1.54) is 25.3 Å². The molecule has 2 aliphatic heterocycles. The summed E-state index contributed by atoms with van der Waals surface area (Å²) in [5, 5.41) is 3.43. The third-order valence-electron chi connectivity index (χ3n) is 4.20. The summed E-state index contributed by atoms with van der Waals surface area (Å²) in [6.07, 6.45) is 3.74. The maximum absolute atomic E-state index is 13.3. The molecule has 1 saturated heterocycles. The van der Waals surface area contributed by atoms with Gasteiger partial charge in [-0.15, -0.1) is 0 Å². The summed E-state index contributed by atoms with van der Waals surface area (Å²) in [4.78, 5) is 2.39. The molecular formula is C14H19FN2. The molecule has 2 atom stereocenters. The monoisotopic (exact) mass is 234 g/mol. The molecule has 0 bridgehead atoms. The molecule has 3 heteroatoms. The predicted octanol–water partition coefficient (Wildman–Crippen LogP) is 3.25. The minimum absolute atomic E-state index is 0.135. The van der Waals surface area contributed by atoms with Crippen molar-refractivity contribution in [1.82, 2.24) is 0 Å². The Morgan fingerprint density at radius 1 is 1.47 bits per heavy atom. The van der Waals surface area contributed by atoms with Crippen LogP contribution in [-0.2, 0) is 0 Å². The first-order chi connectivity index (χ1) is 8.28. The van der Waals surface area contributed by atoms with Crippen LogP contribution >= 0.6 is 0 Å². The fraction of sp³-hybridized carbons (Fsp3) is 0.571. The molecule has 1 aromatic carbocycles. The number of piperidine rings is 1. The van der Waals surface area contributed by atoms with Crippen molar-refractivity contribution in [2.24, 2.45) is 5.92 Å². The predicted molar refractivity (Wildman–Crippen MR) is 69.0 cm³/mol. The second-order valence-corrected chi connectivity index (χ2v) is 5.19. The summed E-state index contributed by atoms with van der Waals surface area (Å²) in [6.45, 7) is 4.33. The van der Waals surface area contributed by atoms with Crippen LogP contribution in [0, 0.1) is 11.7 Å². The van der Waals surface area contributed by atoms with Gasteiger partial charge in [-0.25, -0.2) is 4.39 Å². The van der Waals surface area contributed by atoms with Gasteiger partial charge < -0.3 is 10.2 Å². The quantitative estimate of drug-likeness (QED) is 0.802. The molecule has 3 rings (SSSR count). The number of rotatable bonds is 1. The lowest BCUT2D eigenvalue weighted by Crippen LogP contribution is -2.49. The number of hydrogen-bond donors (Lipinski definition) is 1. The van der Waals surface area contributed by atoms with Crippen LogP contribution in [0.2, 0.25) is 0 Å². The highest BCUT2D eigenvalue weighted by atomic mass is 19.1. The second kappa shape index (κ2) is 4.21. The second-order valence-electron chi connectivity index (χ2n) is 5.19. The van der Waals surface area contributed by atoms with E-state index in [0.717, 1.165) is 30.4 Å². The molecule has 0 aliphatic carbocycles. The summed E-state index contributed by atoms with van der Waals surface area (Å²) >= 11 is 0. The molecule has 0 radical (unpaired) electrons. The Labute approximate surface area is 102 Å². The van der Waals surface area contributed by atoms with Crippen LogP contribution in [0.5, 0.6) is 0 Å². The maximum atomic E-state index is 13.3. The van der Waals surface area contributed by atoms with Gasteiger partial charge in [0.1, 0.15) is 5.82 Å². The minimum atomic E-state index is -0.135. The highest BCUT2D eigenvalue weighted by Gasteiger charge is 2.31. The number of anilines is 2. The van der Waals surface area contributed by atoms with Crippen molar-refractivity contribution >= 4 is 11.4 Å². The van der Waals surface area contributed by atoms with Crippen LogP contribution in [0.15, 0.2) is 18.2 Å². The van der Waals surface area contributed by atoms with Gasteiger partial charge in [0.05, 0.1) is 11.4 Å². The number of nitrogens with zero attached hydrogens (tertiary/aromatic N) is 1. The average Bonchev–Trinajstić information content (AvgIpc) is 2.37. The summed E-state index contributed by atoms with van der Waals surface area (Å²) in [5.74, 6) is 0.706. The van der Waals surface area contributed by atoms with E-state index in [-0.39, 0.29) is 5.82 Å². The lowest BCUT2D eigenvalue weighted by Gasteiger charge is -2.45. The van der Waals surface area contributed by atoms with E-state index < -0.39 is 0 Å². The molecule has 1 N–H and O–H groups in total. The highest BCUT2D eigenvalue weighted by Crippen LogP contribution is 2.37. The molecule has 2 heterocycles. The minimum Gasteiger partial charge on any atom is -0.381 e. The van der Waals surface area contributed by atoms with Crippen LogP contribution in [0.3, 0.4) is 0 Å². The van der Waals surface area contributed by atoms with Gasteiger partial charge in [0, 0.05) is 19.1 Å². The van der Waals surface area contributed by atoms with E-state index >= 15 is 0 Å². The van der Waals surface area contributed by atoms with Crippen molar-refractivity contribution < 1.29 is 4.39 Å². The zero-order valence-electron chi connectivity index (χ0n) is 10.2. The Bertz CT molecular complexity index is 419. The first kappa shape index (κ1) is 10.9. The van der Waals surface area contributed by atoms with Gasteiger partial charge in [0.2, 0.25) is 0 Å². The Balaban J connectivity index is 1.89. The molecule has 2 unspecified atom stereocenters. The van der Waals surface area contributed by atoms with E-state index in [4.69, 9.17) is 0 Å². The lowest BCUT2D eigenvalue weighted by atomic mass is 9.87. The zero-order chi connectivity index (χ0) is 11.8. The van der Waals surface area contributed by atoms with Crippen molar-refractivity contribution in [3.8, 4) is 0 Å². The molecule has 0 spiro atoms. The third kappa shape index (κ3) is 1.88. The van der Waals surface area contributed by atoms with E-state index in [1.54, 1.807) is 6.07 Å². The summed E-state index contributed by atoms with van der Waals surface area (Å²) < 4.78 is 13.3. The fourth-order valence-electron chi connectivity index (χ4n) is 3.14. The molecular weight excluding hydrogens is 215 g/mol. The molecule has 92 valence electrons. The molecule has 0 saturated carbocycles. The first-order valence-corrected chi connectivity index (χ1v) is 6.58. The van der Waals surface area contributed by atoms with Gasteiger partial charge >= 0.3 is 0 Å². The van der Waals surface area contributed by atoms with Crippen LogP contribution < -0.4 is 10.2 Å². The van der Waals surface area contributed by atoms with Crippen molar-refractivity contribution in [2.75, 3.05) is 23.3 Å². The van der Waals surface area contributed by atoms with Crippen LogP contribution in [0.1, 0.15) is 26.2 Å². The van der Waals surface area contributed by atoms with Crippen molar-refractivity contribution in [3.05, 3.63) is 24.0 Å². The summed E-state index contributed by atoms with van der Waals surface area (Å²) in [5.41, 5.74) is 2.13. The van der Waals surface area contributed by atoms with E-state index in [1.807, 2.05) is 6.07 Å². The number of halogens is 1. The first-order valence-electron chi connectivity index (χ1n) is 6.58. The van der Waals surface area contributed by atoms with E-state index in [2.05, 4.69) is 17.1 Å². The van der Waals surface area contributed by atoms with Gasteiger partial charge in [-0.3, -0.25) is 0 Å². The van der Waals surface area contributed by atoms with Gasteiger partial charge in [0.25, 0.3) is 0 Å². The number of hydrogen-bond acceptors (Lipinski definition) is 2. The number of nitrogens with one attached hydrogen (secondary N) is 1. The van der Waals surface area contributed by atoms with Crippen LogP contribution in [-0.4, -0.2) is 19.1 Å². The summed E-state index contributed by atoms with van der Waals surface area (Å²) in [6, 6.07) is 5.60. The van der Waals surface area contributed by atoms with E-state index in [9.17, 15) is 4.39 Å². The highest BCUT2D eigenvalue weighted by molar-refractivity contribution is 5.73. The van der Waals surface area contributed by atoms with Crippen molar-refractivity contribution in [3.63, 3.8) is 0 Å². The van der Waals surface area contributed by atoms with Gasteiger partial charge in [-0.2, -0.15) is 0 Å². The van der Waals surface area contributed by atoms with Crippen LogP contribution in [0.4, 0.5) is 15.8 Å². The van der Waals surface area contributed by atoms with Gasteiger partial charge in [0.15, 0.2) is 0 Å². The Kier molecular flexibility index (Phi) is 2.69. The molecule has 1 fully saturated rings. The van der Waals surface area contributed by atoms with Crippen molar-refractivity contribution in [1.29, 1.82) is 0 Å². The Morgan fingerprint density at radius 3 is 3.18 bits per heavy atom. The molecule has 0 amide bonds. The largest absolute Gasteiger partial charge is 0.381 e. The topological polar surface area (TPSA) is 15.3 Å². The summed E-state index contributed by atoms with van der Waals surface area (Å²) in [7, 11) is 0. The standard InChI is InChI=1S/C14H19FN2/c1-2-10-5-6-17-12(7-10)9-16-13-4-3-11(15)8-14(13)17/h3-4,8,10,12,16H,2,5-7,9H2,1H3. The normalized spacial score (nSPS) is 27.1. The van der Waals surface area contributed by atoms with Crippen molar-refractivity contribution in [2.45, 2.75) is 32.2 Å².